The first-order chi connectivity index (χ1) is 33.6. The van der Waals surface area contributed by atoms with Crippen molar-refractivity contribution in [3.05, 3.63) is 63.9 Å². The molecule has 3 amide bonds. The molecular formula is C50H74N10O12. The fraction of sp³-hybridized carbons (Fsp3) is 0.580. The molecule has 2 unspecified atom stereocenters. The summed E-state index contributed by atoms with van der Waals surface area (Å²) in [6.07, 6.45) is -0.411. The number of rotatable bonds is 21. The van der Waals surface area contributed by atoms with Gasteiger partial charge in [0.2, 0.25) is 17.8 Å². The monoisotopic (exact) mass is 1010 g/mol. The summed E-state index contributed by atoms with van der Waals surface area (Å²) in [5.41, 5.74) is 5.20. The number of ether oxygens (including phenoxy) is 3. The van der Waals surface area contributed by atoms with Crippen molar-refractivity contribution < 1.29 is 52.9 Å². The molecule has 72 heavy (non-hydrogen) atoms. The van der Waals surface area contributed by atoms with Crippen LogP contribution in [-0.2, 0) is 49.5 Å². The van der Waals surface area contributed by atoms with Gasteiger partial charge in [-0.05, 0) is 117 Å². The lowest BCUT2D eigenvalue weighted by Crippen LogP contribution is -2.49. The van der Waals surface area contributed by atoms with Crippen LogP contribution in [0.3, 0.4) is 0 Å². The fourth-order valence-corrected chi connectivity index (χ4v) is 7.60. The number of nitrogens with one attached hydrogen (secondary N) is 5. The third kappa shape index (κ3) is 21.0. The molecule has 2 aromatic carbocycles. The summed E-state index contributed by atoms with van der Waals surface area (Å²) < 4.78 is 17.0. The highest BCUT2D eigenvalue weighted by Crippen LogP contribution is 2.19. The van der Waals surface area contributed by atoms with Gasteiger partial charge in [-0.3, -0.25) is 53.2 Å². The number of hydrogen-bond donors (Lipinski definition) is 7. The lowest BCUT2D eigenvalue weighted by Gasteiger charge is -2.33. The summed E-state index contributed by atoms with van der Waals surface area (Å²) >= 11 is 0. The van der Waals surface area contributed by atoms with E-state index in [1.165, 1.54) is 12.1 Å². The average Bonchev–Trinajstić information content (AvgIpc) is 3.34. The van der Waals surface area contributed by atoms with Gasteiger partial charge in [0, 0.05) is 83.0 Å². The second-order valence-corrected chi connectivity index (χ2v) is 20.7. The van der Waals surface area contributed by atoms with Gasteiger partial charge in [-0.25, -0.2) is 9.78 Å². The molecular weight excluding hydrogens is 933 g/mol. The molecule has 1 fully saturated rings. The molecule has 0 aliphatic carbocycles. The van der Waals surface area contributed by atoms with E-state index in [4.69, 9.17) is 19.9 Å². The molecule has 396 valence electrons. The number of benzene rings is 2. The summed E-state index contributed by atoms with van der Waals surface area (Å²) in [5.74, 6) is -4.16. The van der Waals surface area contributed by atoms with Gasteiger partial charge in [0.25, 0.3) is 11.5 Å². The number of nitrogens with zero attached hydrogens (tertiary/aromatic N) is 4. The second kappa shape index (κ2) is 26.2. The molecule has 1 aliphatic heterocycles. The molecule has 1 aromatic heterocycles. The molecule has 2 heterocycles. The number of nitrogens with two attached hydrogens (primary N) is 1. The van der Waals surface area contributed by atoms with E-state index >= 15 is 0 Å². The van der Waals surface area contributed by atoms with E-state index in [1.807, 2.05) is 14.7 Å². The number of fused-ring (bicyclic) bond motifs is 1. The zero-order valence-electron chi connectivity index (χ0n) is 43.1. The van der Waals surface area contributed by atoms with Gasteiger partial charge in [0.15, 0.2) is 0 Å². The van der Waals surface area contributed by atoms with E-state index in [-0.39, 0.29) is 74.8 Å². The Morgan fingerprint density at radius 3 is 1.75 bits per heavy atom. The number of hydrogen-bond acceptors (Lipinski definition) is 17. The second-order valence-electron chi connectivity index (χ2n) is 20.7. The number of carboxylic acids is 1. The van der Waals surface area contributed by atoms with Crippen molar-refractivity contribution in [3.63, 3.8) is 0 Å². The lowest BCUT2D eigenvalue weighted by atomic mass is 10.1. The van der Waals surface area contributed by atoms with Crippen molar-refractivity contribution in [3.8, 4) is 0 Å². The average molecular weight is 1010 g/mol. The van der Waals surface area contributed by atoms with Crippen LogP contribution in [-0.4, -0.2) is 166 Å². The molecule has 3 aromatic rings. The van der Waals surface area contributed by atoms with Gasteiger partial charge >= 0.3 is 23.9 Å². The number of carbonyl (C=O) groups excluding carboxylic acids is 6. The van der Waals surface area contributed by atoms with E-state index in [0.717, 1.165) is 5.56 Å². The van der Waals surface area contributed by atoms with Crippen LogP contribution in [0, 0.1) is 0 Å². The van der Waals surface area contributed by atoms with Crippen LogP contribution in [0.25, 0.3) is 10.9 Å². The summed E-state index contributed by atoms with van der Waals surface area (Å²) in [7, 11) is 0. The van der Waals surface area contributed by atoms with Crippen molar-refractivity contribution in [2.75, 3.05) is 76.5 Å². The maximum atomic E-state index is 13.8. The van der Waals surface area contributed by atoms with Crippen LogP contribution in [0.2, 0.25) is 0 Å². The van der Waals surface area contributed by atoms with Gasteiger partial charge in [-0.2, -0.15) is 0 Å². The van der Waals surface area contributed by atoms with Crippen molar-refractivity contribution >= 4 is 64.1 Å². The smallest absolute Gasteiger partial charge is 0.326 e. The number of amides is 3. The van der Waals surface area contributed by atoms with Crippen molar-refractivity contribution in [2.24, 2.45) is 0 Å². The summed E-state index contributed by atoms with van der Waals surface area (Å²) in [5, 5.41) is 21.3. The number of esters is 3. The molecule has 0 bridgehead atoms. The van der Waals surface area contributed by atoms with E-state index < -0.39 is 64.6 Å². The Morgan fingerprint density at radius 2 is 1.24 bits per heavy atom. The molecule has 0 radical (unpaired) electrons. The van der Waals surface area contributed by atoms with Gasteiger partial charge in [0.1, 0.15) is 28.9 Å². The largest absolute Gasteiger partial charge is 0.480 e. The molecule has 2 atom stereocenters. The predicted molar refractivity (Wildman–Crippen MR) is 270 cm³/mol. The highest BCUT2D eigenvalue weighted by molar-refractivity contribution is 5.97. The molecule has 8 N–H and O–H groups in total. The lowest BCUT2D eigenvalue weighted by molar-refractivity contribution is -0.163. The van der Waals surface area contributed by atoms with Crippen LogP contribution in [0.5, 0.6) is 0 Å². The number of nitrogen functional groups attached to an aromatic ring is 1. The first-order valence-corrected chi connectivity index (χ1v) is 24.2. The van der Waals surface area contributed by atoms with E-state index in [9.17, 15) is 43.5 Å². The third-order valence-electron chi connectivity index (χ3n) is 10.9. The van der Waals surface area contributed by atoms with Gasteiger partial charge in [-0.1, -0.05) is 6.07 Å². The van der Waals surface area contributed by atoms with Crippen LogP contribution in [0.4, 0.5) is 11.6 Å². The Kier molecular flexibility index (Phi) is 21.0. The highest BCUT2D eigenvalue weighted by atomic mass is 16.6. The fourth-order valence-electron chi connectivity index (χ4n) is 7.60. The van der Waals surface area contributed by atoms with Crippen LogP contribution in [0.1, 0.15) is 104 Å². The van der Waals surface area contributed by atoms with Crippen LogP contribution >= 0.6 is 0 Å². The highest BCUT2D eigenvalue weighted by Gasteiger charge is 2.33. The molecule has 4 rings (SSSR count). The van der Waals surface area contributed by atoms with Gasteiger partial charge < -0.3 is 46.3 Å². The number of H-pyrrole nitrogens is 1. The maximum absolute atomic E-state index is 13.8. The standard InChI is InChI=1S/C50H74N10O12/c1-48(2,3)70-41(63)30-58-22-23-59(31-42(64)71-49(4,5)6)25-27-60(26-24-58)38(46(69)72-50(7,8)9)17-19-40(62)53-21-20-52-39(61)18-16-37(45(67)68)55-43(65)33-11-13-34(14-12-33)54-29-32-10-15-36-35(28-32)44(66)57-47(51)56-36/h10-15,28,37-38,54H,16-27,29-31H2,1-9H3,(H,52,61)(H,53,62)(H,55,65)(H,67,68)(H3,51,56,57,66). The number of carboxylic acid groups (broad SMARTS) is 1. The van der Waals surface area contributed by atoms with Crippen molar-refractivity contribution in [1.82, 2.24) is 40.6 Å². The third-order valence-corrected chi connectivity index (χ3v) is 10.9. The quantitative estimate of drug-likeness (QED) is 0.0458. The Morgan fingerprint density at radius 1 is 0.722 bits per heavy atom. The van der Waals surface area contributed by atoms with E-state index in [2.05, 4.69) is 31.2 Å². The molecule has 0 saturated carbocycles. The maximum Gasteiger partial charge on any atom is 0.326 e. The Hall–Kier alpha value is -6.65. The van der Waals surface area contributed by atoms with E-state index in [0.29, 0.717) is 62.4 Å². The molecule has 1 aliphatic rings. The normalized spacial score (nSPS) is 15.2. The Labute approximate surface area is 420 Å². The molecule has 22 heteroatoms. The molecule has 22 nitrogen and oxygen atoms in total. The minimum atomic E-state index is -1.36. The summed E-state index contributed by atoms with van der Waals surface area (Å²) in [6.45, 7) is 18.7. The number of anilines is 2. The zero-order valence-corrected chi connectivity index (χ0v) is 43.1. The number of aromatic amines is 1. The van der Waals surface area contributed by atoms with Gasteiger partial charge in [-0.15, -0.1) is 0 Å². The number of aliphatic carboxylic acids is 1. The minimum absolute atomic E-state index is 0.00913. The Balaban J connectivity index is 1.27. The minimum Gasteiger partial charge on any atom is -0.480 e. The molecule has 1 saturated heterocycles. The SMILES string of the molecule is CC(C)(C)OC(=O)CN1CCN(CC(=O)OC(C)(C)C)CCN(C(CCC(=O)NCCNC(=O)CCC(NC(=O)c2ccc(NCc3ccc4nc(N)[nH]c(=O)c4c3)cc2)C(=O)O)C(=O)OC(C)(C)C)CC1. The van der Waals surface area contributed by atoms with Crippen LogP contribution < -0.4 is 32.6 Å². The van der Waals surface area contributed by atoms with Crippen molar-refractivity contribution in [1.29, 1.82) is 0 Å². The zero-order chi connectivity index (χ0) is 53.4. The predicted octanol–water partition coefficient (Wildman–Crippen LogP) is 2.41. The van der Waals surface area contributed by atoms with Gasteiger partial charge in [0.05, 0.1) is 24.0 Å². The number of carbonyl (C=O) groups is 7. The molecule has 0 spiro atoms. The first-order valence-electron chi connectivity index (χ1n) is 24.2. The topological polar surface area (TPSA) is 297 Å². The summed E-state index contributed by atoms with van der Waals surface area (Å²) in [6, 6.07) is 9.33. The number of aromatic nitrogens is 2. The summed E-state index contributed by atoms with van der Waals surface area (Å²) in [4.78, 5) is 115. The first kappa shape index (κ1) is 57.9. The van der Waals surface area contributed by atoms with Crippen molar-refractivity contribution in [2.45, 2.75) is 123 Å². The Bertz CT molecular complexity index is 2380. The van der Waals surface area contributed by atoms with E-state index in [1.54, 1.807) is 92.6 Å². The van der Waals surface area contributed by atoms with Crippen LogP contribution in [0.15, 0.2) is 47.3 Å².